The zero-order chi connectivity index (χ0) is 32.6. The van der Waals surface area contributed by atoms with Gasteiger partial charge in [-0.05, 0) is 116 Å². The fourth-order valence-electron chi connectivity index (χ4n) is 4.07. The number of nitriles is 1. The van der Waals surface area contributed by atoms with Crippen molar-refractivity contribution in [3.63, 3.8) is 0 Å². The lowest BCUT2D eigenvalue weighted by atomic mass is 10.1. The molecule has 0 saturated heterocycles. The van der Waals surface area contributed by atoms with Gasteiger partial charge in [-0.15, -0.1) is 0 Å². The number of anilines is 1. The van der Waals surface area contributed by atoms with Gasteiger partial charge in [0.2, 0.25) is 0 Å². The predicted molar refractivity (Wildman–Crippen MR) is 177 cm³/mol. The number of methoxy groups -OCH3 is 1. The highest BCUT2D eigenvalue weighted by Crippen LogP contribution is 2.37. The number of hydrogen-bond acceptors (Lipinski definition) is 8. The van der Waals surface area contributed by atoms with E-state index in [0.29, 0.717) is 49.6 Å². The number of nitrogens with zero attached hydrogens (tertiary/aromatic N) is 3. The van der Waals surface area contributed by atoms with Crippen LogP contribution < -0.4 is 25.8 Å². The number of halogens is 3. The van der Waals surface area contributed by atoms with E-state index in [-0.39, 0.29) is 31.2 Å². The Hall–Kier alpha value is -3.51. The molecule has 0 aliphatic carbocycles. The summed E-state index contributed by atoms with van der Waals surface area (Å²) in [4.78, 5) is 38.2. The first-order valence-corrected chi connectivity index (χ1v) is 15.6. The molecular weight excluding hydrogens is 766 g/mol. The number of amides is 2. The van der Waals surface area contributed by atoms with E-state index >= 15 is 0 Å². The Labute approximate surface area is 280 Å². The molecule has 1 heterocycles. The first kappa shape index (κ1) is 35.0. The summed E-state index contributed by atoms with van der Waals surface area (Å²) in [5.74, 6) is -0.240. The van der Waals surface area contributed by atoms with Gasteiger partial charge in [0.1, 0.15) is 18.2 Å². The van der Waals surface area contributed by atoms with Crippen LogP contribution in [0.25, 0.3) is 0 Å². The van der Waals surface area contributed by atoms with Crippen molar-refractivity contribution >= 4 is 71.5 Å². The molecule has 2 N–H and O–H groups in total. The summed E-state index contributed by atoms with van der Waals surface area (Å²) in [5.41, 5.74) is 5.92. The molecule has 0 saturated carbocycles. The SMILES string of the molecule is CCOc1cc(/C=N\NC(=O)Cn2c(C)c(Br)c(COC)c(C#N)c2=O)cc(Br)c1OCC(=O)Nc1cc(C)c(C)cc1Br. The molecule has 0 radical (unpaired) electrons. The normalized spacial score (nSPS) is 10.9. The minimum Gasteiger partial charge on any atom is -0.490 e. The van der Waals surface area contributed by atoms with E-state index in [0.717, 1.165) is 15.6 Å². The third-order valence-electron chi connectivity index (χ3n) is 6.39. The fourth-order valence-corrected chi connectivity index (χ4v) is 5.73. The quantitative estimate of drug-likeness (QED) is 0.178. The van der Waals surface area contributed by atoms with Crippen molar-refractivity contribution in [3.8, 4) is 17.6 Å². The molecule has 3 rings (SSSR count). The number of carbonyl (C=O) groups is 2. The number of rotatable bonds is 12. The average molecular weight is 796 g/mol. The fraction of sp³-hybridized carbons (Fsp3) is 0.300. The smallest absolute Gasteiger partial charge is 0.269 e. The van der Waals surface area contributed by atoms with Gasteiger partial charge in [-0.3, -0.25) is 14.4 Å². The van der Waals surface area contributed by atoms with Gasteiger partial charge in [-0.2, -0.15) is 10.4 Å². The number of hydrazone groups is 1. The second-order valence-corrected chi connectivity index (χ2v) is 12.0. The molecule has 0 spiro atoms. The van der Waals surface area contributed by atoms with Crippen LogP contribution in [0.2, 0.25) is 0 Å². The Morgan fingerprint density at radius 1 is 1.05 bits per heavy atom. The zero-order valence-electron chi connectivity index (χ0n) is 24.6. The Balaban J connectivity index is 1.71. The molecule has 2 amide bonds. The van der Waals surface area contributed by atoms with Crippen LogP contribution in [0.15, 0.2) is 47.6 Å². The van der Waals surface area contributed by atoms with Crippen LogP contribution in [0.4, 0.5) is 5.69 Å². The van der Waals surface area contributed by atoms with Gasteiger partial charge in [0.15, 0.2) is 18.1 Å². The number of ether oxygens (including phenoxy) is 3. The summed E-state index contributed by atoms with van der Waals surface area (Å²) >= 11 is 10.3. The number of aromatic nitrogens is 1. The molecule has 14 heteroatoms. The Morgan fingerprint density at radius 2 is 1.75 bits per heavy atom. The molecule has 0 aliphatic rings. The molecule has 11 nitrogen and oxygen atoms in total. The molecule has 232 valence electrons. The molecule has 0 fully saturated rings. The van der Waals surface area contributed by atoms with Crippen molar-refractivity contribution in [2.75, 3.05) is 25.6 Å². The number of pyridine rings is 1. The van der Waals surface area contributed by atoms with Gasteiger partial charge in [0.05, 0.1) is 29.6 Å². The third-order valence-corrected chi connectivity index (χ3v) is 8.69. The summed E-state index contributed by atoms with van der Waals surface area (Å²) in [6, 6.07) is 9.05. The van der Waals surface area contributed by atoms with Gasteiger partial charge in [0, 0.05) is 27.3 Å². The van der Waals surface area contributed by atoms with Gasteiger partial charge in [-0.25, -0.2) is 5.43 Å². The minimum absolute atomic E-state index is 0.0678. The monoisotopic (exact) mass is 793 g/mol. The van der Waals surface area contributed by atoms with E-state index in [1.54, 1.807) is 19.1 Å². The zero-order valence-corrected chi connectivity index (χ0v) is 29.4. The van der Waals surface area contributed by atoms with Crippen molar-refractivity contribution in [3.05, 3.63) is 81.5 Å². The van der Waals surface area contributed by atoms with Crippen LogP contribution in [0.1, 0.15) is 40.4 Å². The highest BCUT2D eigenvalue weighted by molar-refractivity contribution is 9.11. The maximum atomic E-state index is 12.9. The standard InChI is InChI=1S/C30H30Br3N5O6/c1-6-43-25-10-19(9-23(32)29(25)44-15-27(40)36-24-8-17(3)16(2)7-22(24)31)12-35-37-26(39)13-38-18(4)28(33)21(14-42-5)20(11-34)30(38)41/h7-10,12H,6,13-15H2,1-5H3,(H,36,40)(H,37,39)/b35-12-. The first-order valence-electron chi connectivity index (χ1n) is 13.2. The van der Waals surface area contributed by atoms with Crippen molar-refractivity contribution in [2.45, 2.75) is 40.8 Å². The molecule has 0 atom stereocenters. The third kappa shape index (κ3) is 8.56. The summed E-state index contributed by atoms with van der Waals surface area (Å²) in [5, 5.41) is 16.3. The van der Waals surface area contributed by atoms with Crippen LogP contribution in [0, 0.1) is 32.1 Å². The first-order chi connectivity index (χ1) is 20.9. The van der Waals surface area contributed by atoms with Gasteiger partial charge in [-0.1, -0.05) is 0 Å². The van der Waals surface area contributed by atoms with E-state index in [9.17, 15) is 19.6 Å². The molecular formula is C30H30Br3N5O6. The maximum Gasteiger partial charge on any atom is 0.269 e. The van der Waals surface area contributed by atoms with Gasteiger partial charge in [0.25, 0.3) is 17.4 Å². The molecule has 3 aromatic rings. The van der Waals surface area contributed by atoms with E-state index in [1.807, 2.05) is 39.0 Å². The molecule has 0 unspecified atom stereocenters. The van der Waals surface area contributed by atoms with E-state index < -0.39 is 11.5 Å². The summed E-state index contributed by atoms with van der Waals surface area (Å²) in [6.45, 7) is 7.19. The second-order valence-electron chi connectivity index (χ2n) is 9.50. The summed E-state index contributed by atoms with van der Waals surface area (Å²) in [6.07, 6.45) is 1.40. The number of carbonyl (C=O) groups excluding carboxylic acids is 2. The predicted octanol–water partition coefficient (Wildman–Crippen LogP) is 5.65. The van der Waals surface area contributed by atoms with Crippen molar-refractivity contribution in [1.29, 1.82) is 5.26 Å². The highest BCUT2D eigenvalue weighted by Gasteiger charge is 2.20. The lowest BCUT2D eigenvalue weighted by Crippen LogP contribution is -2.33. The van der Waals surface area contributed by atoms with Crippen molar-refractivity contribution in [2.24, 2.45) is 5.10 Å². The summed E-state index contributed by atoms with van der Waals surface area (Å²) in [7, 11) is 1.46. The van der Waals surface area contributed by atoms with Crippen LogP contribution in [0.3, 0.4) is 0 Å². The second kappa shape index (κ2) is 16.0. The van der Waals surface area contributed by atoms with E-state index in [1.165, 1.54) is 17.9 Å². The van der Waals surface area contributed by atoms with Crippen LogP contribution in [0.5, 0.6) is 11.5 Å². The molecule has 0 aliphatic heterocycles. The topological polar surface area (TPSA) is 144 Å². The lowest BCUT2D eigenvalue weighted by molar-refractivity contribution is -0.121. The number of benzene rings is 2. The highest BCUT2D eigenvalue weighted by atomic mass is 79.9. The van der Waals surface area contributed by atoms with Gasteiger partial charge < -0.3 is 24.1 Å². The molecule has 1 aromatic heterocycles. The summed E-state index contributed by atoms with van der Waals surface area (Å²) < 4.78 is 19.6. The number of nitrogens with one attached hydrogen (secondary N) is 2. The minimum atomic E-state index is -0.601. The Kier molecular flexibility index (Phi) is 12.7. The Bertz CT molecular complexity index is 1720. The van der Waals surface area contributed by atoms with Gasteiger partial charge >= 0.3 is 0 Å². The van der Waals surface area contributed by atoms with Crippen molar-refractivity contribution in [1.82, 2.24) is 9.99 Å². The Morgan fingerprint density at radius 3 is 2.41 bits per heavy atom. The maximum absolute atomic E-state index is 12.9. The van der Waals surface area contributed by atoms with E-state index in [4.69, 9.17) is 14.2 Å². The number of aryl methyl sites for hydroxylation is 2. The number of hydrogen-bond donors (Lipinski definition) is 2. The lowest BCUT2D eigenvalue weighted by Gasteiger charge is -2.15. The molecule has 44 heavy (non-hydrogen) atoms. The van der Waals surface area contributed by atoms with E-state index in [2.05, 4.69) is 63.6 Å². The van der Waals surface area contributed by atoms with Crippen LogP contribution >= 0.6 is 47.8 Å². The van der Waals surface area contributed by atoms with Crippen LogP contribution in [-0.2, 0) is 27.5 Å². The van der Waals surface area contributed by atoms with Crippen molar-refractivity contribution < 1.29 is 23.8 Å². The largest absolute Gasteiger partial charge is 0.490 e. The van der Waals surface area contributed by atoms with Crippen LogP contribution in [-0.4, -0.2) is 42.9 Å². The molecule has 0 bridgehead atoms. The average Bonchev–Trinajstić information content (AvgIpc) is 2.97. The molecule has 2 aromatic carbocycles.